The van der Waals surface area contributed by atoms with Crippen molar-refractivity contribution in [3.8, 4) is 22.4 Å². The van der Waals surface area contributed by atoms with Crippen molar-refractivity contribution in [1.29, 1.82) is 0 Å². The third kappa shape index (κ3) is 1.62. The maximum atomic E-state index is 4.69. The van der Waals surface area contributed by atoms with E-state index in [9.17, 15) is 0 Å². The van der Waals surface area contributed by atoms with E-state index in [1.165, 1.54) is 44.6 Å². The van der Waals surface area contributed by atoms with Gasteiger partial charge in [0.25, 0.3) is 0 Å². The average molecular weight is 311 g/mol. The molecule has 0 spiro atoms. The molecule has 1 heterocycles. The van der Waals surface area contributed by atoms with Crippen molar-refractivity contribution in [3.63, 3.8) is 0 Å². The summed E-state index contributed by atoms with van der Waals surface area (Å²) in [6.45, 7) is 7.06. The molecule has 2 aromatic carbocycles. The van der Waals surface area contributed by atoms with Crippen LogP contribution in [0.3, 0.4) is 0 Å². The number of rotatable bonds is 0. The molecule has 0 bridgehead atoms. The first-order valence-corrected chi connectivity index (χ1v) is 8.90. The molecule has 3 unspecified atom stereocenters. The zero-order chi connectivity index (χ0) is 16.4. The Morgan fingerprint density at radius 3 is 2.33 bits per heavy atom. The van der Waals surface area contributed by atoms with Gasteiger partial charge in [-0.05, 0) is 51.3 Å². The quantitative estimate of drug-likeness (QED) is 0.488. The topological polar surface area (TPSA) is 12.9 Å². The molecule has 0 aliphatic heterocycles. The lowest BCUT2D eigenvalue weighted by Crippen LogP contribution is -2.15. The van der Waals surface area contributed by atoms with Crippen molar-refractivity contribution in [2.45, 2.75) is 38.5 Å². The van der Waals surface area contributed by atoms with Crippen molar-refractivity contribution >= 4 is 0 Å². The lowest BCUT2D eigenvalue weighted by molar-refractivity contribution is 0.615. The van der Waals surface area contributed by atoms with Crippen LogP contribution in [0, 0.1) is 0 Å². The molecule has 3 aromatic rings. The highest BCUT2D eigenvalue weighted by Crippen LogP contribution is 2.54. The van der Waals surface area contributed by atoms with E-state index in [4.69, 9.17) is 0 Å². The monoisotopic (exact) mass is 311 g/mol. The maximum Gasteiger partial charge on any atom is 0.0743 e. The zero-order valence-corrected chi connectivity index (χ0v) is 14.4. The highest BCUT2D eigenvalue weighted by atomic mass is 14.7. The van der Waals surface area contributed by atoms with E-state index in [1.54, 1.807) is 0 Å². The van der Waals surface area contributed by atoms with Crippen molar-refractivity contribution in [2.24, 2.45) is 0 Å². The standard InChI is InChI=1S/C23H21N/c1-13-14(2)17-10-11-20-21(15(3)18-9-6-12-24-23(18)20)22(17)19-8-5-4-7-16(13)19/h4-15H,1-3H3. The second-order valence-corrected chi connectivity index (χ2v) is 7.32. The van der Waals surface area contributed by atoms with E-state index in [0.29, 0.717) is 17.8 Å². The summed E-state index contributed by atoms with van der Waals surface area (Å²) in [7, 11) is 0. The first kappa shape index (κ1) is 14.0. The van der Waals surface area contributed by atoms with Gasteiger partial charge in [0.05, 0.1) is 5.69 Å². The maximum absolute atomic E-state index is 4.69. The summed E-state index contributed by atoms with van der Waals surface area (Å²) < 4.78 is 0. The van der Waals surface area contributed by atoms with Gasteiger partial charge in [-0.15, -0.1) is 0 Å². The minimum Gasteiger partial charge on any atom is -0.256 e. The van der Waals surface area contributed by atoms with Gasteiger partial charge >= 0.3 is 0 Å². The second-order valence-electron chi connectivity index (χ2n) is 7.32. The van der Waals surface area contributed by atoms with Gasteiger partial charge in [0.1, 0.15) is 0 Å². The molecule has 2 aliphatic carbocycles. The molecule has 3 atom stereocenters. The van der Waals surface area contributed by atoms with Crippen LogP contribution in [-0.4, -0.2) is 4.98 Å². The molecule has 0 N–H and O–H groups in total. The van der Waals surface area contributed by atoms with E-state index in [0.717, 1.165) is 0 Å². The summed E-state index contributed by atoms with van der Waals surface area (Å²) in [6, 6.07) is 17.9. The lowest BCUT2D eigenvalue weighted by Gasteiger charge is -2.33. The number of pyridine rings is 1. The molecule has 5 rings (SSSR count). The Morgan fingerprint density at radius 1 is 0.708 bits per heavy atom. The summed E-state index contributed by atoms with van der Waals surface area (Å²) in [5, 5.41) is 0. The predicted octanol–water partition coefficient (Wildman–Crippen LogP) is 6.10. The third-order valence-corrected chi connectivity index (χ3v) is 6.23. The molecule has 0 radical (unpaired) electrons. The minimum atomic E-state index is 0.410. The normalized spacial score (nSPS) is 23.2. The van der Waals surface area contributed by atoms with E-state index in [1.807, 2.05) is 6.20 Å². The number of fused-ring (bicyclic) bond motifs is 7. The van der Waals surface area contributed by atoms with Gasteiger partial charge < -0.3 is 0 Å². The summed E-state index contributed by atoms with van der Waals surface area (Å²) in [5.74, 6) is 1.51. The van der Waals surface area contributed by atoms with Crippen molar-refractivity contribution in [1.82, 2.24) is 4.98 Å². The minimum absolute atomic E-state index is 0.410. The van der Waals surface area contributed by atoms with E-state index < -0.39 is 0 Å². The lowest BCUT2D eigenvalue weighted by atomic mass is 9.70. The third-order valence-electron chi connectivity index (χ3n) is 6.23. The number of aromatic nitrogens is 1. The van der Waals surface area contributed by atoms with Crippen molar-refractivity contribution in [3.05, 3.63) is 77.0 Å². The van der Waals surface area contributed by atoms with Gasteiger partial charge in [0, 0.05) is 17.7 Å². The van der Waals surface area contributed by atoms with Gasteiger partial charge in [0.15, 0.2) is 0 Å². The van der Waals surface area contributed by atoms with E-state index in [2.05, 4.69) is 74.3 Å². The molecular formula is C23H21N. The first-order chi connectivity index (χ1) is 11.7. The molecule has 1 nitrogen and oxygen atoms in total. The Kier molecular flexibility index (Phi) is 2.79. The molecule has 0 saturated heterocycles. The molecule has 2 aliphatic rings. The van der Waals surface area contributed by atoms with Gasteiger partial charge in [-0.3, -0.25) is 4.98 Å². The molecule has 1 aromatic heterocycles. The Morgan fingerprint density at radius 2 is 1.46 bits per heavy atom. The Labute approximate surface area is 143 Å². The fourth-order valence-electron chi connectivity index (χ4n) is 4.78. The highest BCUT2D eigenvalue weighted by molar-refractivity contribution is 5.89. The molecule has 0 saturated carbocycles. The van der Waals surface area contributed by atoms with Crippen LogP contribution in [0.25, 0.3) is 22.4 Å². The van der Waals surface area contributed by atoms with Crippen LogP contribution in [-0.2, 0) is 0 Å². The molecule has 0 fully saturated rings. The highest BCUT2D eigenvalue weighted by Gasteiger charge is 2.35. The summed E-state index contributed by atoms with van der Waals surface area (Å²) in [5.41, 5.74) is 11.2. The van der Waals surface area contributed by atoms with Crippen molar-refractivity contribution < 1.29 is 0 Å². The van der Waals surface area contributed by atoms with Crippen LogP contribution < -0.4 is 0 Å². The van der Waals surface area contributed by atoms with Crippen LogP contribution >= 0.6 is 0 Å². The summed E-state index contributed by atoms with van der Waals surface area (Å²) >= 11 is 0. The Hall–Kier alpha value is -2.41. The average Bonchev–Trinajstić information content (AvgIpc) is 2.92. The molecule has 24 heavy (non-hydrogen) atoms. The van der Waals surface area contributed by atoms with Gasteiger partial charge in [0.2, 0.25) is 0 Å². The summed E-state index contributed by atoms with van der Waals surface area (Å²) in [4.78, 5) is 4.69. The second kappa shape index (κ2) is 4.80. The van der Waals surface area contributed by atoms with Crippen LogP contribution in [0.4, 0.5) is 0 Å². The SMILES string of the molecule is CC1c2cccnc2-c2ccc3c(c21)-c1ccccc1C(C)C3C. The molecule has 118 valence electrons. The molecule has 1 heteroatoms. The summed E-state index contributed by atoms with van der Waals surface area (Å²) in [6.07, 6.45) is 1.92. The number of hydrogen-bond acceptors (Lipinski definition) is 1. The smallest absolute Gasteiger partial charge is 0.0743 e. The van der Waals surface area contributed by atoms with E-state index >= 15 is 0 Å². The Bertz CT molecular complexity index is 970. The zero-order valence-electron chi connectivity index (χ0n) is 14.4. The van der Waals surface area contributed by atoms with Gasteiger partial charge in [-0.2, -0.15) is 0 Å². The largest absolute Gasteiger partial charge is 0.256 e. The Balaban J connectivity index is 1.88. The number of hydrogen-bond donors (Lipinski definition) is 0. The fraction of sp³-hybridized carbons (Fsp3) is 0.261. The number of nitrogens with zero attached hydrogens (tertiary/aromatic N) is 1. The van der Waals surface area contributed by atoms with Gasteiger partial charge in [-0.1, -0.05) is 63.2 Å². The molecule has 0 amide bonds. The van der Waals surface area contributed by atoms with Crippen LogP contribution in [0.1, 0.15) is 60.8 Å². The molecular weight excluding hydrogens is 290 g/mol. The van der Waals surface area contributed by atoms with E-state index in [-0.39, 0.29) is 0 Å². The predicted molar refractivity (Wildman–Crippen MR) is 99.5 cm³/mol. The van der Waals surface area contributed by atoms with Gasteiger partial charge in [-0.25, -0.2) is 0 Å². The fourth-order valence-corrected chi connectivity index (χ4v) is 4.78. The van der Waals surface area contributed by atoms with Crippen LogP contribution in [0.5, 0.6) is 0 Å². The van der Waals surface area contributed by atoms with Crippen LogP contribution in [0.15, 0.2) is 54.7 Å². The first-order valence-electron chi connectivity index (χ1n) is 8.90. The van der Waals surface area contributed by atoms with Crippen molar-refractivity contribution in [2.75, 3.05) is 0 Å². The van der Waals surface area contributed by atoms with Crippen LogP contribution in [0.2, 0.25) is 0 Å². The number of benzene rings is 2.